The maximum atomic E-state index is 12.1. The van der Waals surface area contributed by atoms with Gasteiger partial charge in [0, 0.05) is 34.4 Å². The van der Waals surface area contributed by atoms with Crippen LogP contribution in [0.4, 0.5) is 0 Å². The van der Waals surface area contributed by atoms with Gasteiger partial charge in [0.05, 0.1) is 13.7 Å². The van der Waals surface area contributed by atoms with Crippen molar-refractivity contribution in [2.75, 3.05) is 32.5 Å². The average molecular weight is 481 g/mol. The molecule has 0 spiro atoms. The van der Waals surface area contributed by atoms with Crippen molar-refractivity contribution < 1.29 is 8.95 Å². The Morgan fingerprint density at radius 1 is 1.24 bits per heavy atom. The third-order valence-corrected chi connectivity index (χ3v) is 5.37. The number of hydrogen-bond donors (Lipinski definition) is 2. The van der Waals surface area contributed by atoms with E-state index in [4.69, 9.17) is 4.74 Å². The zero-order chi connectivity index (χ0) is 18.0. The Labute approximate surface area is 171 Å². The smallest absolute Gasteiger partial charge is 0.191 e. The summed E-state index contributed by atoms with van der Waals surface area (Å²) in [6, 6.07) is 8.02. The maximum Gasteiger partial charge on any atom is 0.191 e. The van der Waals surface area contributed by atoms with Gasteiger partial charge in [-0.25, -0.2) is 0 Å². The van der Waals surface area contributed by atoms with Crippen LogP contribution in [0.1, 0.15) is 33.3 Å². The number of rotatable bonds is 8. The summed E-state index contributed by atoms with van der Waals surface area (Å²) in [5.41, 5.74) is 1.16. The average Bonchev–Trinajstić information content (AvgIpc) is 2.54. The molecule has 25 heavy (non-hydrogen) atoms. The fourth-order valence-corrected chi connectivity index (χ4v) is 2.98. The number of ether oxygens (including phenoxy) is 1. The minimum absolute atomic E-state index is 0. The van der Waals surface area contributed by atoms with Crippen LogP contribution in [0.5, 0.6) is 5.75 Å². The summed E-state index contributed by atoms with van der Waals surface area (Å²) in [5, 5.41) is 6.54. The van der Waals surface area contributed by atoms with Crippen LogP contribution in [0.2, 0.25) is 0 Å². The molecule has 0 heterocycles. The van der Waals surface area contributed by atoms with Crippen LogP contribution in [0, 0.1) is 0 Å². The molecule has 144 valence electrons. The van der Waals surface area contributed by atoms with Crippen LogP contribution in [0.15, 0.2) is 29.3 Å². The van der Waals surface area contributed by atoms with Crippen molar-refractivity contribution in [3.63, 3.8) is 0 Å². The van der Waals surface area contributed by atoms with E-state index in [0.29, 0.717) is 12.3 Å². The first-order chi connectivity index (χ1) is 11.4. The van der Waals surface area contributed by atoms with E-state index in [-0.39, 0.29) is 28.7 Å². The Bertz CT molecular complexity index is 559. The molecule has 1 unspecified atom stereocenters. The second-order valence-electron chi connectivity index (χ2n) is 6.41. The number of aliphatic imine (C=N–C) groups is 1. The number of nitrogens with one attached hydrogen (secondary N) is 2. The normalized spacial score (nSPS) is 12.9. The molecule has 0 saturated carbocycles. The van der Waals surface area contributed by atoms with Crippen molar-refractivity contribution in [2.45, 2.75) is 38.9 Å². The van der Waals surface area contributed by atoms with E-state index in [2.05, 4.69) is 21.7 Å². The van der Waals surface area contributed by atoms with Crippen molar-refractivity contribution in [1.29, 1.82) is 0 Å². The van der Waals surface area contributed by atoms with Gasteiger partial charge in [0.25, 0.3) is 0 Å². The highest BCUT2D eigenvalue weighted by molar-refractivity contribution is 14.0. The SMILES string of the molecule is CCNC(=NCCS(=O)C(C)(C)C)NCCc1ccccc1OC.I. The lowest BCUT2D eigenvalue weighted by Crippen LogP contribution is -2.38. The third kappa shape index (κ3) is 9.44. The van der Waals surface area contributed by atoms with Crippen LogP contribution in [0.25, 0.3) is 0 Å². The predicted molar refractivity (Wildman–Crippen MR) is 119 cm³/mol. The van der Waals surface area contributed by atoms with Gasteiger partial charge in [0.15, 0.2) is 5.96 Å². The molecule has 7 heteroatoms. The third-order valence-electron chi connectivity index (χ3n) is 3.45. The largest absolute Gasteiger partial charge is 0.496 e. The van der Waals surface area contributed by atoms with Crippen molar-refractivity contribution in [1.82, 2.24) is 10.6 Å². The monoisotopic (exact) mass is 481 g/mol. The summed E-state index contributed by atoms with van der Waals surface area (Å²) in [6.07, 6.45) is 0.850. The highest BCUT2D eigenvalue weighted by atomic mass is 127. The molecular formula is C18H32IN3O2S. The molecule has 1 aromatic rings. The summed E-state index contributed by atoms with van der Waals surface area (Å²) >= 11 is 0. The van der Waals surface area contributed by atoms with Crippen LogP contribution in [0.3, 0.4) is 0 Å². The zero-order valence-corrected chi connectivity index (χ0v) is 19.1. The van der Waals surface area contributed by atoms with Gasteiger partial charge in [-0.2, -0.15) is 0 Å². The highest BCUT2D eigenvalue weighted by Crippen LogP contribution is 2.17. The van der Waals surface area contributed by atoms with E-state index in [9.17, 15) is 4.21 Å². The molecule has 0 aromatic heterocycles. The molecule has 0 aliphatic rings. The summed E-state index contributed by atoms with van der Waals surface area (Å²) in [7, 11) is 0.811. The fourth-order valence-electron chi connectivity index (χ4n) is 2.11. The molecule has 0 radical (unpaired) electrons. The number of methoxy groups -OCH3 is 1. The highest BCUT2D eigenvalue weighted by Gasteiger charge is 2.18. The van der Waals surface area contributed by atoms with E-state index >= 15 is 0 Å². The van der Waals surface area contributed by atoms with E-state index < -0.39 is 10.8 Å². The first-order valence-corrected chi connectivity index (χ1v) is 9.73. The number of para-hydroxylation sites is 1. The number of halogens is 1. The lowest BCUT2D eigenvalue weighted by atomic mass is 10.1. The van der Waals surface area contributed by atoms with Gasteiger partial charge in [-0.1, -0.05) is 18.2 Å². The first-order valence-electron chi connectivity index (χ1n) is 8.41. The lowest BCUT2D eigenvalue weighted by Gasteiger charge is -2.17. The van der Waals surface area contributed by atoms with Crippen molar-refractivity contribution in [3.8, 4) is 5.75 Å². The molecule has 0 saturated heterocycles. The molecule has 5 nitrogen and oxygen atoms in total. The van der Waals surface area contributed by atoms with Gasteiger partial charge in [-0.05, 0) is 45.7 Å². The van der Waals surface area contributed by atoms with Crippen LogP contribution >= 0.6 is 24.0 Å². The zero-order valence-electron chi connectivity index (χ0n) is 15.9. The van der Waals surface area contributed by atoms with Crippen molar-refractivity contribution >= 4 is 40.7 Å². The number of guanidine groups is 1. The van der Waals surface area contributed by atoms with E-state index in [1.165, 1.54) is 0 Å². The van der Waals surface area contributed by atoms with Gasteiger partial charge >= 0.3 is 0 Å². The maximum absolute atomic E-state index is 12.1. The summed E-state index contributed by atoms with van der Waals surface area (Å²) < 4.78 is 17.2. The molecule has 0 aliphatic heterocycles. The number of hydrogen-bond acceptors (Lipinski definition) is 3. The minimum atomic E-state index is -0.877. The molecule has 1 atom stereocenters. The topological polar surface area (TPSA) is 62.7 Å². The number of benzene rings is 1. The summed E-state index contributed by atoms with van der Waals surface area (Å²) in [6.45, 7) is 10.1. The van der Waals surface area contributed by atoms with Gasteiger partial charge in [0.1, 0.15) is 5.75 Å². The molecule has 0 bridgehead atoms. The Hall–Kier alpha value is -0.830. The summed E-state index contributed by atoms with van der Waals surface area (Å²) in [5.74, 6) is 2.24. The van der Waals surface area contributed by atoms with Gasteiger partial charge in [-0.15, -0.1) is 24.0 Å². The van der Waals surface area contributed by atoms with Crippen LogP contribution < -0.4 is 15.4 Å². The Morgan fingerprint density at radius 3 is 2.52 bits per heavy atom. The Balaban J connectivity index is 0.00000576. The molecular weight excluding hydrogens is 449 g/mol. The Kier molecular flexibility index (Phi) is 12.1. The molecule has 0 fully saturated rings. The van der Waals surface area contributed by atoms with E-state index in [0.717, 1.165) is 36.8 Å². The predicted octanol–water partition coefficient (Wildman–Crippen LogP) is 2.96. The van der Waals surface area contributed by atoms with Gasteiger partial charge in [-0.3, -0.25) is 9.20 Å². The van der Waals surface area contributed by atoms with E-state index in [1.54, 1.807) is 7.11 Å². The second-order valence-corrected chi connectivity index (χ2v) is 8.74. The van der Waals surface area contributed by atoms with Gasteiger partial charge < -0.3 is 15.4 Å². The summed E-state index contributed by atoms with van der Waals surface area (Å²) in [4.78, 5) is 4.51. The van der Waals surface area contributed by atoms with Crippen molar-refractivity contribution in [2.24, 2.45) is 4.99 Å². The van der Waals surface area contributed by atoms with E-state index in [1.807, 2.05) is 45.9 Å². The first kappa shape index (κ1) is 24.2. The van der Waals surface area contributed by atoms with Crippen molar-refractivity contribution in [3.05, 3.63) is 29.8 Å². The van der Waals surface area contributed by atoms with Crippen LogP contribution in [-0.2, 0) is 17.2 Å². The fraction of sp³-hybridized carbons (Fsp3) is 0.611. The number of nitrogens with zero attached hydrogens (tertiary/aromatic N) is 1. The van der Waals surface area contributed by atoms with Crippen LogP contribution in [-0.4, -0.2) is 47.4 Å². The molecule has 0 aliphatic carbocycles. The quantitative estimate of drug-likeness (QED) is 0.341. The second kappa shape index (κ2) is 12.5. The molecule has 2 N–H and O–H groups in total. The standard InChI is InChI=1S/C18H31N3O2S.HI/c1-6-19-17(21-13-14-24(22)18(2,3)4)20-12-11-15-9-7-8-10-16(15)23-5;/h7-10H,6,11-14H2,1-5H3,(H2,19,20,21);1H. The molecule has 1 rings (SSSR count). The molecule has 0 amide bonds. The Morgan fingerprint density at radius 2 is 1.92 bits per heavy atom. The minimum Gasteiger partial charge on any atom is -0.496 e. The lowest BCUT2D eigenvalue weighted by molar-refractivity contribution is 0.409. The van der Waals surface area contributed by atoms with Gasteiger partial charge in [0.2, 0.25) is 0 Å². The molecule has 1 aromatic carbocycles.